The summed E-state index contributed by atoms with van der Waals surface area (Å²) in [5, 5.41) is 21.2. The van der Waals surface area contributed by atoms with E-state index in [-0.39, 0.29) is 36.7 Å². The molecule has 138 valence electrons. The molecule has 11 heteroatoms. The van der Waals surface area contributed by atoms with E-state index in [0.29, 0.717) is 19.4 Å². The van der Waals surface area contributed by atoms with Crippen molar-refractivity contribution < 1.29 is 34.1 Å². The highest BCUT2D eigenvalue weighted by Gasteiger charge is 2.57. The van der Waals surface area contributed by atoms with Crippen LogP contribution in [0, 0.1) is 5.41 Å². The van der Waals surface area contributed by atoms with E-state index in [4.69, 9.17) is 4.74 Å². The number of carboxylic acid groups (broad SMARTS) is 1. The van der Waals surface area contributed by atoms with Gasteiger partial charge >= 0.3 is 12.1 Å². The van der Waals surface area contributed by atoms with Crippen molar-refractivity contribution in [2.24, 2.45) is 5.41 Å². The number of β-amino-alcohol motifs (C(OH)–C–C–N with tert-alkyl or cyclic N) is 1. The Bertz CT molecular complexity index is 603. The molecule has 0 aliphatic carbocycles. The molecule has 3 fully saturated rings. The fraction of sp³-hybridized carbons (Fsp3) is 0.714. The summed E-state index contributed by atoms with van der Waals surface area (Å²) in [6.07, 6.45) is -0.344. The number of rotatable bonds is 5. The third-order valence-corrected chi connectivity index (χ3v) is 6.33. The van der Waals surface area contributed by atoms with Gasteiger partial charge in [-0.05, 0) is 6.42 Å². The number of β-lactam (4-membered cyclic amide) rings is 1. The fourth-order valence-electron chi connectivity index (χ4n) is 3.20. The first-order chi connectivity index (χ1) is 11.9. The van der Waals surface area contributed by atoms with Gasteiger partial charge in [-0.2, -0.15) is 0 Å². The smallest absolute Gasteiger partial charge is 0.409 e. The summed E-state index contributed by atoms with van der Waals surface area (Å²) in [7, 11) is 0. The Labute approximate surface area is 147 Å². The lowest BCUT2D eigenvalue weighted by Gasteiger charge is -2.53. The van der Waals surface area contributed by atoms with Crippen molar-refractivity contribution in [3.05, 3.63) is 0 Å². The number of nitrogens with one attached hydrogen (secondary N) is 1. The second-order valence-corrected chi connectivity index (χ2v) is 7.56. The van der Waals surface area contributed by atoms with Gasteiger partial charge in [0.1, 0.15) is 23.4 Å². The normalized spacial score (nSPS) is 34.1. The van der Waals surface area contributed by atoms with Crippen molar-refractivity contribution in [2.45, 2.75) is 23.9 Å². The van der Waals surface area contributed by atoms with E-state index in [1.165, 1.54) is 21.6 Å². The molecular weight excluding hydrogens is 354 g/mol. The number of aliphatic hydroxyl groups excluding tert-OH is 1. The van der Waals surface area contributed by atoms with E-state index < -0.39 is 29.6 Å². The Morgan fingerprint density at radius 1 is 1.48 bits per heavy atom. The topological polar surface area (TPSA) is 136 Å². The highest BCUT2D eigenvalue weighted by Crippen LogP contribution is 2.42. The van der Waals surface area contributed by atoms with Gasteiger partial charge in [-0.25, -0.2) is 4.79 Å². The van der Waals surface area contributed by atoms with Crippen LogP contribution >= 0.6 is 11.8 Å². The van der Waals surface area contributed by atoms with E-state index in [0.717, 1.165) is 0 Å². The number of ether oxygens (including phenoxy) is 1. The molecule has 3 unspecified atom stereocenters. The Morgan fingerprint density at radius 2 is 2.24 bits per heavy atom. The number of hydrogen-bond donors (Lipinski definition) is 3. The molecule has 3 rings (SSSR count). The summed E-state index contributed by atoms with van der Waals surface area (Å²) in [5.74, 6) is -1.33. The van der Waals surface area contributed by atoms with Crippen LogP contribution in [0.25, 0.3) is 0 Å². The molecule has 3 aliphatic heterocycles. The monoisotopic (exact) mass is 373 g/mol. The standard InChI is InChI=1S/C14H19N3O7S/c18-7-15-9-10(20)17-4-14(12(21)22,6-25-11(9)17)5-24-13(23)16-2-1-8(19)3-16/h7-9,11,19H,1-6H2,(H,15,18)(H,21,22)/t8?,9?,11-,14?/m1/s1. The number of carbonyl (C=O) groups excluding carboxylic acids is 3. The van der Waals surface area contributed by atoms with E-state index >= 15 is 0 Å². The molecule has 0 aromatic heterocycles. The quantitative estimate of drug-likeness (QED) is 0.383. The molecule has 4 atom stereocenters. The van der Waals surface area contributed by atoms with Crippen molar-refractivity contribution in [2.75, 3.05) is 32.0 Å². The molecule has 0 saturated carbocycles. The van der Waals surface area contributed by atoms with Gasteiger partial charge in [-0.15, -0.1) is 11.8 Å². The first-order valence-electron chi connectivity index (χ1n) is 7.83. The fourth-order valence-corrected chi connectivity index (χ4v) is 4.73. The number of hydrogen-bond acceptors (Lipinski definition) is 7. The maximum atomic E-state index is 12.0. The van der Waals surface area contributed by atoms with Gasteiger partial charge < -0.3 is 30.1 Å². The van der Waals surface area contributed by atoms with Gasteiger partial charge in [-0.3, -0.25) is 14.4 Å². The van der Waals surface area contributed by atoms with Crippen LogP contribution in [0.15, 0.2) is 0 Å². The molecule has 10 nitrogen and oxygen atoms in total. The molecule has 3 amide bonds. The maximum absolute atomic E-state index is 12.0. The van der Waals surface area contributed by atoms with Gasteiger partial charge in [0, 0.05) is 25.4 Å². The van der Waals surface area contributed by atoms with Crippen LogP contribution in [-0.2, 0) is 19.1 Å². The minimum atomic E-state index is -1.39. The molecule has 0 bridgehead atoms. The third-order valence-electron chi connectivity index (χ3n) is 4.74. The second-order valence-electron chi connectivity index (χ2n) is 6.46. The molecule has 3 saturated heterocycles. The van der Waals surface area contributed by atoms with E-state index in [9.17, 15) is 29.4 Å². The SMILES string of the molecule is O=CNC1C(=O)N2CC(COC(=O)N3CCC(O)C3)(C(=O)O)CS[C@H]12. The molecule has 3 N–H and O–H groups in total. The van der Waals surface area contributed by atoms with E-state index in [1.807, 2.05) is 0 Å². The van der Waals surface area contributed by atoms with Crippen molar-refractivity contribution in [1.29, 1.82) is 0 Å². The summed E-state index contributed by atoms with van der Waals surface area (Å²) in [6, 6.07) is -0.636. The third kappa shape index (κ3) is 3.13. The average molecular weight is 373 g/mol. The van der Waals surface area contributed by atoms with Crippen molar-refractivity contribution in [3.8, 4) is 0 Å². The van der Waals surface area contributed by atoms with Crippen LogP contribution in [0.1, 0.15) is 6.42 Å². The zero-order chi connectivity index (χ0) is 18.2. The number of aliphatic carboxylic acids is 1. The predicted octanol–water partition coefficient (Wildman–Crippen LogP) is -1.71. The summed E-state index contributed by atoms with van der Waals surface area (Å²) >= 11 is 1.24. The number of likely N-dealkylation sites (tertiary alicyclic amines) is 1. The zero-order valence-corrected chi connectivity index (χ0v) is 14.1. The summed E-state index contributed by atoms with van der Waals surface area (Å²) in [5.41, 5.74) is -1.39. The molecule has 0 radical (unpaired) electrons. The van der Waals surface area contributed by atoms with Crippen LogP contribution in [0.4, 0.5) is 4.79 Å². The first kappa shape index (κ1) is 17.8. The lowest BCUT2D eigenvalue weighted by molar-refractivity contribution is -0.160. The molecule has 0 aromatic rings. The van der Waals surface area contributed by atoms with Crippen molar-refractivity contribution in [3.63, 3.8) is 0 Å². The number of aliphatic hydroxyl groups is 1. The molecular formula is C14H19N3O7S. The maximum Gasteiger partial charge on any atom is 0.409 e. The van der Waals surface area contributed by atoms with E-state index in [2.05, 4.69) is 5.32 Å². The van der Waals surface area contributed by atoms with Crippen LogP contribution in [0.5, 0.6) is 0 Å². The Balaban J connectivity index is 1.62. The molecule has 3 aliphatic rings. The molecule has 25 heavy (non-hydrogen) atoms. The Hall–Kier alpha value is -2.01. The second kappa shape index (κ2) is 6.71. The number of carboxylic acids is 1. The summed E-state index contributed by atoms with van der Waals surface area (Å²) in [4.78, 5) is 49.1. The summed E-state index contributed by atoms with van der Waals surface area (Å²) in [6.45, 7) is 0.0920. The van der Waals surface area contributed by atoms with Crippen LogP contribution in [0.3, 0.4) is 0 Å². The highest BCUT2D eigenvalue weighted by molar-refractivity contribution is 8.00. The van der Waals surface area contributed by atoms with Crippen molar-refractivity contribution in [1.82, 2.24) is 15.1 Å². The van der Waals surface area contributed by atoms with Crippen LogP contribution in [0.2, 0.25) is 0 Å². The number of thioether (sulfide) groups is 1. The Kier molecular flexibility index (Phi) is 4.78. The number of fused-ring (bicyclic) bond motifs is 1. The number of nitrogens with zero attached hydrogens (tertiary/aromatic N) is 2. The lowest BCUT2D eigenvalue weighted by Crippen LogP contribution is -2.73. The van der Waals surface area contributed by atoms with E-state index in [1.54, 1.807) is 0 Å². The van der Waals surface area contributed by atoms with Crippen LogP contribution < -0.4 is 5.32 Å². The highest BCUT2D eigenvalue weighted by atomic mass is 32.2. The Morgan fingerprint density at radius 3 is 2.84 bits per heavy atom. The van der Waals surface area contributed by atoms with Crippen molar-refractivity contribution >= 4 is 36.1 Å². The number of amides is 3. The van der Waals surface area contributed by atoms with Gasteiger partial charge in [0.25, 0.3) is 0 Å². The lowest BCUT2D eigenvalue weighted by atomic mass is 9.88. The number of carbonyl (C=O) groups is 4. The van der Waals surface area contributed by atoms with Gasteiger partial charge in [0.15, 0.2) is 0 Å². The largest absolute Gasteiger partial charge is 0.481 e. The minimum Gasteiger partial charge on any atom is -0.481 e. The molecule has 3 heterocycles. The predicted molar refractivity (Wildman–Crippen MR) is 84.6 cm³/mol. The minimum absolute atomic E-state index is 0.0776. The van der Waals surface area contributed by atoms with Gasteiger partial charge in [0.05, 0.1) is 6.10 Å². The molecule has 0 aromatic carbocycles. The van der Waals surface area contributed by atoms with Gasteiger partial charge in [-0.1, -0.05) is 0 Å². The molecule has 0 spiro atoms. The van der Waals surface area contributed by atoms with Gasteiger partial charge in [0.2, 0.25) is 12.3 Å². The average Bonchev–Trinajstić information content (AvgIpc) is 3.03. The first-order valence-corrected chi connectivity index (χ1v) is 8.88. The summed E-state index contributed by atoms with van der Waals surface area (Å²) < 4.78 is 5.17. The zero-order valence-electron chi connectivity index (χ0n) is 13.3. The van der Waals surface area contributed by atoms with Crippen LogP contribution in [-0.4, -0.2) is 93.9 Å².